The Labute approximate surface area is 205 Å². The number of nitrogens with zero attached hydrogens (tertiary/aromatic N) is 3. The van der Waals surface area contributed by atoms with Gasteiger partial charge in [0.25, 0.3) is 0 Å². The van der Waals surface area contributed by atoms with Crippen molar-refractivity contribution in [3.05, 3.63) is 53.7 Å². The summed E-state index contributed by atoms with van der Waals surface area (Å²) in [5.41, 5.74) is 2.44. The molecule has 1 aromatic carbocycles. The van der Waals surface area contributed by atoms with Crippen LogP contribution in [0.15, 0.2) is 42.5 Å². The lowest BCUT2D eigenvalue weighted by atomic mass is 9.99. The van der Waals surface area contributed by atoms with Gasteiger partial charge < -0.3 is 20.4 Å². The van der Waals surface area contributed by atoms with Crippen LogP contribution in [0.5, 0.6) is 0 Å². The Kier molecular flexibility index (Phi) is 7.65. The molecular formula is C26H34N6O3. The van der Waals surface area contributed by atoms with Gasteiger partial charge in [-0.3, -0.25) is 19.5 Å². The maximum atomic E-state index is 13.0. The fraction of sp³-hybridized carbons (Fsp3) is 0.462. The SMILES string of the molecule is CC(C(=O)Nc1cc(C2CC2)[nH]n1)c1cccc(NC(=O)C2CCCN2C(=O)C=CCN(C)C)c1. The molecule has 1 saturated heterocycles. The highest BCUT2D eigenvalue weighted by molar-refractivity contribution is 6.00. The normalized spacial score (nSPS) is 18.7. The molecule has 1 aliphatic heterocycles. The van der Waals surface area contributed by atoms with Gasteiger partial charge in [-0.05, 0) is 64.4 Å². The number of carbonyl (C=O) groups excluding carboxylic acids is 3. The summed E-state index contributed by atoms with van der Waals surface area (Å²) >= 11 is 0. The molecule has 2 heterocycles. The summed E-state index contributed by atoms with van der Waals surface area (Å²) in [4.78, 5) is 42.0. The van der Waals surface area contributed by atoms with Crippen molar-refractivity contribution in [3.63, 3.8) is 0 Å². The number of amides is 3. The second-order valence-corrected chi connectivity index (χ2v) is 9.66. The first-order valence-corrected chi connectivity index (χ1v) is 12.2. The van der Waals surface area contributed by atoms with Crippen molar-refractivity contribution >= 4 is 29.2 Å². The van der Waals surface area contributed by atoms with E-state index in [9.17, 15) is 14.4 Å². The molecular weight excluding hydrogens is 444 g/mol. The number of benzene rings is 1. The van der Waals surface area contributed by atoms with E-state index in [1.54, 1.807) is 29.2 Å². The van der Waals surface area contributed by atoms with Crippen LogP contribution in [0.4, 0.5) is 11.5 Å². The third-order valence-electron chi connectivity index (χ3n) is 6.48. The van der Waals surface area contributed by atoms with Crippen LogP contribution in [0.2, 0.25) is 0 Å². The third-order valence-corrected chi connectivity index (χ3v) is 6.48. The maximum Gasteiger partial charge on any atom is 0.247 e. The van der Waals surface area contributed by atoms with Crippen molar-refractivity contribution in [3.8, 4) is 0 Å². The molecule has 0 spiro atoms. The summed E-state index contributed by atoms with van der Waals surface area (Å²) in [6, 6.07) is 8.66. The number of aromatic amines is 1. The molecule has 9 heteroatoms. The molecule has 2 unspecified atom stereocenters. The molecule has 4 rings (SSSR count). The van der Waals surface area contributed by atoms with Gasteiger partial charge in [0.1, 0.15) is 6.04 Å². The van der Waals surface area contributed by atoms with Gasteiger partial charge in [0.2, 0.25) is 17.7 Å². The Balaban J connectivity index is 1.36. The van der Waals surface area contributed by atoms with Gasteiger partial charge in [0.05, 0.1) is 5.92 Å². The first-order valence-electron chi connectivity index (χ1n) is 12.2. The number of H-pyrrole nitrogens is 1. The predicted octanol–water partition coefficient (Wildman–Crippen LogP) is 3.08. The van der Waals surface area contributed by atoms with E-state index < -0.39 is 12.0 Å². The summed E-state index contributed by atoms with van der Waals surface area (Å²) in [6.45, 7) is 3.05. The summed E-state index contributed by atoms with van der Waals surface area (Å²) in [7, 11) is 3.86. The molecule has 2 fully saturated rings. The van der Waals surface area contributed by atoms with Crippen molar-refractivity contribution in [2.75, 3.05) is 37.8 Å². The number of anilines is 2. The zero-order chi connectivity index (χ0) is 24.9. The van der Waals surface area contributed by atoms with Crippen LogP contribution >= 0.6 is 0 Å². The lowest BCUT2D eigenvalue weighted by molar-refractivity contribution is -0.132. The highest BCUT2D eigenvalue weighted by Crippen LogP contribution is 2.39. The second-order valence-electron chi connectivity index (χ2n) is 9.66. The molecule has 1 aromatic heterocycles. The Bertz CT molecular complexity index is 1100. The summed E-state index contributed by atoms with van der Waals surface area (Å²) in [5, 5.41) is 13.0. The Morgan fingerprint density at radius 2 is 2.00 bits per heavy atom. The maximum absolute atomic E-state index is 13.0. The fourth-order valence-corrected chi connectivity index (χ4v) is 4.26. The average Bonchev–Trinajstić information content (AvgIpc) is 3.36. The zero-order valence-corrected chi connectivity index (χ0v) is 20.6. The van der Waals surface area contributed by atoms with Crippen molar-refractivity contribution in [1.29, 1.82) is 0 Å². The van der Waals surface area contributed by atoms with Crippen molar-refractivity contribution in [2.24, 2.45) is 0 Å². The minimum Gasteiger partial charge on any atom is -0.327 e. The molecule has 3 N–H and O–H groups in total. The molecule has 2 aliphatic rings. The number of likely N-dealkylation sites (tertiary alicyclic amines) is 1. The molecule has 35 heavy (non-hydrogen) atoms. The molecule has 1 aliphatic carbocycles. The molecule has 2 atom stereocenters. The molecule has 0 radical (unpaired) electrons. The number of carbonyl (C=O) groups is 3. The number of likely N-dealkylation sites (N-methyl/N-ethyl adjacent to an activating group) is 1. The smallest absolute Gasteiger partial charge is 0.247 e. The van der Waals surface area contributed by atoms with Crippen LogP contribution in [0, 0.1) is 0 Å². The largest absolute Gasteiger partial charge is 0.327 e. The van der Waals surface area contributed by atoms with Gasteiger partial charge in [-0.15, -0.1) is 0 Å². The molecule has 3 amide bonds. The first kappa shape index (κ1) is 24.7. The lowest BCUT2D eigenvalue weighted by Crippen LogP contribution is -2.42. The van der Waals surface area contributed by atoms with E-state index in [0.29, 0.717) is 36.9 Å². The Hall–Kier alpha value is -3.46. The van der Waals surface area contributed by atoms with E-state index in [0.717, 1.165) is 30.5 Å². The van der Waals surface area contributed by atoms with Crippen LogP contribution in [0.3, 0.4) is 0 Å². The number of nitrogens with one attached hydrogen (secondary N) is 3. The average molecular weight is 479 g/mol. The van der Waals surface area contributed by atoms with E-state index >= 15 is 0 Å². The predicted molar refractivity (Wildman–Crippen MR) is 135 cm³/mol. The van der Waals surface area contributed by atoms with Gasteiger partial charge in [0.15, 0.2) is 5.82 Å². The Morgan fingerprint density at radius 3 is 2.74 bits per heavy atom. The number of aromatic nitrogens is 2. The molecule has 0 bridgehead atoms. The van der Waals surface area contributed by atoms with E-state index in [4.69, 9.17) is 0 Å². The number of hydrogen-bond donors (Lipinski definition) is 3. The zero-order valence-electron chi connectivity index (χ0n) is 20.6. The molecule has 1 saturated carbocycles. The van der Waals surface area contributed by atoms with Gasteiger partial charge in [-0.25, -0.2) is 0 Å². The van der Waals surface area contributed by atoms with Crippen molar-refractivity contribution in [1.82, 2.24) is 20.0 Å². The highest BCUT2D eigenvalue weighted by Gasteiger charge is 2.33. The monoisotopic (exact) mass is 478 g/mol. The van der Waals surface area contributed by atoms with Crippen LogP contribution < -0.4 is 10.6 Å². The van der Waals surface area contributed by atoms with Gasteiger partial charge in [0, 0.05) is 42.5 Å². The minimum atomic E-state index is -0.504. The third kappa shape index (κ3) is 6.36. The minimum absolute atomic E-state index is 0.147. The van der Waals surface area contributed by atoms with E-state index in [1.165, 1.54) is 0 Å². The topological polar surface area (TPSA) is 110 Å². The summed E-state index contributed by atoms with van der Waals surface area (Å²) < 4.78 is 0. The van der Waals surface area contributed by atoms with Crippen molar-refractivity contribution < 1.29 is 14.4 Å². The van der Waals surface area contributed by atoms with Crippen LogP contribution in [-0.2, 0) is 14.4 Å². The molecule has 186 valence electrons. The summed E-state index contributed by atoms with van der Waals surface area (Å²) in [6.07, 6.45) is 7.08. The number of rotatable bonds is 9. The fourth-order valence-electron chi connectivity index (χ4n) is 4.26. The lowest BCUT2D eigenvalue weighted by Gasteiger charge is -2.23. The highest BCUT2D eigenvalue weighted by atomic mass is 16.2. The first-order chi connectivity index (χ1) is 16.8. The van der Waals surface area contributed by atoms with Gasteiger partial charge >= 0.3 is 0 Å². The molecule has 2 aromatic rings. The second kappa shape index (κ2) is 10.9. The van der Waals surface area contributed by atoms with Gasteiger partial charge in [-0.1, -0.05) is 18.2 Å². The quantitative estimate of drug-likeness (QED) is 0.480. The van der Waals surface area contributed by atoms with Gasteiger partial charge in [-0.2, -0.15) is 5.10 Å². The number of hydrogen-bond acceptors (Lipinski definition) is 5. The van der Waals surface area contributed by atoms with E-state index in [1.807, 2.05) is 44.1 Å². The van der Waals surface area contributed by atoms with Crippen LogP contribution in [-0.4, -0.2) is 70.9 Å². The van der Waals surface area contributed by atoms with E-state index in [2.05, 4.69) is 20.8 Å². The van der Waals surface area contributed by atoms with E-state index in [-0.39, 0.29) is 17.7 Å². The Morgan fingerprint density at radius 1 is 1.20 bits per heavy atom. The van der Waals surface area contributed by atoms with Crippen molar-refractivity contribution in [2.45, 2.75) is 50.5 Å². The van der Waals surface area contributed by atoms with Crippen LogP contribution in [0.25, 0.3) is 0 Å². The standard InChI is InChI=1S/C26H34N6O3/c1-17(25(34)28-23-16-21(29-30-23)18-11-12-18)19-7-4-8-20(15-19)27-26(35)22-9-5-14-32(22)24(33)10-6-13-31(2)3/h4,6-8,10,15-18,22H,5,9,11-14H2,1-3H3,(H,27,35)(H2,28,29,30,34). The molecule has 9 nitrogen and oxygen atoms in total. The van der Waals surface area contributed by atoms with Crippen LogP contribution in [0.1, 0.15) is 55.7 Å². The summed E-state index contributed by atoms with van der Waals surface area (Å²) in [5.74, 6) is 0.102.